The van der Waals surface area contributed by atoms with Gasteiger partial charge in [0.2, 0.25) is 0 Å². The summed E-state index contributed by atoms with van der Waals surface area (Å²) in [5.41, 5.74) is -3.50. The zero-order valence-corrected chi connectivity index (χ0v) is 27.3. The lowest BCUT2D eigenvalue weighted by molar-refractivity contribution is -0.280. The molecular weight excluding hydrogens is 520 g/mol. The average molecular weight is 577 g/mol. The third kappa shape index (κ3) is 4.29. The molecule has 0 aromatic carbocycles. The lowest BCUT2D eigenvalue weighted by Gasteiger charge is -2.71. The molecule has 4 saturated carbocycles. The fourth-order valence-electron chi connectivity index (χ4n) is 11.8. The van der Waals surface area contributed by atoms with E-state index in [-0.39, 0.29) is 63.7 Å². The van der Waals surface area contributed by atoms with Gasteiger partial charge in [0.05, 0.1) is 22.9 Å². The second-order valence-electron chi connectivity index (χ2n) is 16.8. The molecule has 0 aromatic rings. The van der Waals surface area contributed by atoms with Crippen LogP contribution in [-0.2, 0) is 23.8 Å². The Labute approximate surface area is 247 Å². The maximum absolute atomic E-state index is 12.8. The molecule has 7 nitrogen and oxygen atoms in total. The van der Waals surface area contributed by atoms with E-state index in [1.807, 2.05) is 6.92 Å². The largest absolute Gasteiger partial charge is 0.462 e. The first-order valence-electron chi connectivity index (χ1n) is 16.1. The molecule has 5 rings (SSSR count). The molecule has 2 N–H and O–H groups in total. The molecule has 5 unspecified atom stereocenters. The Bertz CT molecular complexity index is 1080. The molecule has 1 aliphatic heterocycles. The smallest absolute Gasteiger partial charge is 0.302 e. The van der Waals surface area contributed by atoms with Crippen molar-refractivity contribution in [3.8, 4) is 0 Å². The minimum absolute atomic E-state index is 0.100. The molecule has 0 aromatic heterocycles. The molecule has 7 heteroatoms. The molecule has 4 aliphatic carbocycles. The predicted molar refractivity (Wildman–Crippen MR) is 156 cm³/mol. The first kappa shape index (κ1) is 31.3. The number of fused-ring (bicyclic) bond motifs is 5. The predicted octanol–water partition coefficient (Wildman–Crippen LogP) is 5.97. The van der Waals surface area contributed by atoms with Crippen molar-refractivity contribution in [3.05, 3.63) is 0 Å². The van der Waals surface area contributed by atoms with Crippen molar-refractivity contribution >= 4 is 11.9 Å². The molecule has 0 radical (unpaired) electrons. The molecule has 0 bridgehead atoms. The van der Waals surface area contributed by atoms with Crippen molar-refractivity contribution in [2.45, 2.75) is 162 Å². The van der Waals surface area contributed by atoms with Crippen LogP contribution in [0.2, 0.25) is 0 Å². The number of carbonyl (C=O) groups is 2. The molecule has 5 fully saturated rings. The monoisotopic (exact) mass is 576 g/mol. The van der Waals surface area contributed by atoms with Gasteiger partial charge in [-0.3, -0.25) is 9.59 Å². The second-order valence-corrected chi connectivity index (χ2v) is 16.8. The SMILES string of the molecule is CC(=O)OC1CC2[C@@](O)(C3(C)CC[C@@H](C(C)(C)O)O3)CC[C@@]2(C)[C@]2(C)CCC3C(C)(C)[C@H](OC(C)=O)CC[C@]3(C)C12. The number of hydrogen-bond acceptors (Lipinski definition) is 7. The fraction of sp³-hybridized carbons (Fsp3) is 0.941. The Hall–Kier alpha value is -1.18. The van der Waals surface area contributed by atoms with Crippen LogP contribution in [0.3, 0.4) is 0 Å². The first-order chi connectivity index (χ1) is 18.7. The van der Waals surface area contributed by atoms with Gasteiger partial charge in [-0.05, 0) is 107 Å². The van der Waals surface area contributed by atoms with E-state index in [9.17, 15) is 19.8 Å². The van der Waals surface area contributed by atoms with Crippen LogP contribution < -0.4 is 0 Å². The van der Waals surface area contributed by atoms with Gasteiger partial charge < -0.3 is 24.4 Å². The third-order valence-corrected chi connectivity index (χ3v) is 13.9. The molecule has 0 amide bonds. The molecule has 1 saturated heterocycles. The van der Waals surface area contributed by atoms with Gasteiger partial charge in [-0.2, -0.15) is 0 Å². The number of carbonyl (C=O) groups excluding carboxylic acids is 2. The highest BCUT2D eigenvalue weighted by Crippen LogP contribution is 2.77. The summed E-state index contributed by atoms with van der Waals surface area (Å²) in [7, 11) is 0. The van der Waals surface area contributed by atoms with Crippen molar-refractivity contribution in [2.24, 2.45) is 39.4 Å². The number of hydrogen-bond donors (Lipinski definition) is 2. The summed E-state index contributed by atoms with van der Waals surface area (Å²) in [4.78, 5) is 24.7. The Balaban J connectivity index is 1.56. The van der Waals surface area contributed by atoms with Crippen molar-refractivity contribution in [1.29, 1.82) is 0 Å². The maximum Gasteiger partial charge on any atom is 0.302 e. The Kier molecular flexibility index (Phi) is 7.17. The standard InChI is InChI=1S/C34H56O7/c1-20(35)39-22-19-24-31(8,17-18-34(24,38)33(10)16-13-26(41-33)29(5,6)37)32(9)15-11-23-28(3,4)25(40-21(2)36)12-14-30(23,7)27(22)32/h22-27,37-38H,11-19H2,1-10H3/t22?,23?,24?,25-,26+,27?,30+,31-,32-,33?,34-/m1/s1. The number of esters is 2. The van der Waals surface area contributed by atoms with Crippen LogP contribution in [0, 0.1) is 39.4 Å². The van der Waals surface area contributed by atoms with E-state index in [0.717, 1.165) is 32.1 Å². The van der Waals surface area contributed by atoms with E-state index >= 15 is 0 Å². The minimum Gasteiger partial charge on any atom is -0.462 e. The van der Waals surface area contributed by atoms with Gasteiger partial charge in [-0.1, -0.05) is 34.6 Å². The summed E-state index contributed by atoms with van der Waals surface area (Å²) in [6.45, 7) is 20.3. The van der Waals surface area contributed by atoms with Crippen LogP contribution in [0.4, 0.5) is 0 Å². The highest BCUT2D eigenvalue weighted by Gasteiger charge is 2.76. The van der Waals surface area contributed by atoms with Gasteiger partial charge in [0, 0.05) is 25.2 Å². The summed E-state index contributed by atoms with van der Waals surface area (Å²) < 4.78 is 18.8. The van der Waals surface area contributed by atoms with Crippen molar-refractivity contribution in [1.82, 2.24) is 0 Å². The zero-order valence-electron chi connectivity index (χ0n) is 27.3. The molecule has 0 spiro atoms. The van der Waals surface area contributed by atoms with Crippen molar-refractivity contribution < 1.29 is 34.0 Å². The zero-order chi connectivity index (χ0) is 30.6. The van der Waals surface area contributed by atoms with E-state index in [2.05, 4.69) is 34.6 Å². The van der Waals surface area contributed by atoms with Crippen LogP contribution in [-0.4, -0.2) is 57.3 Å². The van der Waals surface area contributed by atoms with Gasteiger partial charge >= 0.3 is 11.9 Å². The third-order valence-electron chi connectivity index (χ3n) is 13.9. The number of ether oxygens (including phenoxy) is 3. The van der Waals surface area contributed by atoms with E-state index in [1.54, 1.807) is 13.8 Å². The van der Waals surface area contributed by atoms with Crippen LogP contribution in [0.1, 0.15) is 127 Å². The van der Waals surface area contributed by atoms with Gasteiger partial charge in [0.25, 0.3) is 0 Å². The Morgan fingerprint density at radius 2 is 1.44 bits per heavy atom. The average Bonchev–Trinajstić information content (AvgIpc) is 3.37. The van der Waals surface area contributed by atoms with E-state index in [0.29, 0.717) is 31.6 Å². The van der Waals surface area contributed by atoms with Crippen LogP contribution in [0.15, 0.2) is 0 Å². The van der Waals surface area contributed by atoms with Gasteiger partial charge in [0.1, 0.15) is 12.2 Å². The Morgan fingerprint density at radius 1 is 0.805 bits per heavy atom. The van der Waals surface area contributed by atoms with Gasteiger partial charge in [0.15, 0.2) is 0 Å². The highest BCUT2D eigenvalue weighted by atomic mass is 16.6. The minimum atomic E-state index is -1.09. The van der Waals surface area contributed by atoms with E-state index < -0.39 is 16.8 Å². The lowest BCUT2D eigenvalue weighted by atomic mass is 9.34. The summed E-state index contributed by atoms with van der Waals surface area (Å²) in [5.74, 6) is -0.158. The molecule has 234 valence electrons. The first-order valence-corrected chi connectivity index (χ1v) is 16.1. The van der Waals surface area contributed by atoms with Crippen LogP contribution >= 0.6 is 0 Å². The molecular formula is C34H56O7. The summed E-state index contributed by atoms with van der Waals surface area (Å²) in [5, 5.41) is 23.5. The lowest BCUT2D eigenvalue weighted by Crippen LogP contribution is -2.70. The summed E-state index contributed by atoms with van der Waals surface area (Å²) in [6.07, 6.45) is 6.45. The fourth-order valence-corrected chi connectivity index (χ4v) is 11.8. The van der Waals surface area contributed by atoms with Gasteiger partial charge in [-0.15, -0.1) is 0 Å². The summed E-state index contributed by atoms with van der Waals surface area (Å²) >= 11 is 0. The molecule has 5 aliphatic rings. The topological polar surface area (TPSA) is 102 Å². The molecule has 41 heavy (non-hydrogen) atoms. The van der Waals surface area contributed by atoms with E-state index in [4.69, 9.17) is 14.2 Å². The maximum atomic E-state index is 12.8. The van der Waals surface area contributed by atoms with Crippen LogP contribution in [0.25, 0.3) is 0 Å². The van der Waals surface area contributed by atoms with Crippen molar-refractivity contribution in [2.75, 3.05) is 0 Å². The van der Waals surface area contributed by atoms with Crippen LogP contribution in [0.5, 0.6) is 0 Å². The molecule has 11 atom stereocenters. The van der Waals surface area contributed by atoms with E-state index in [1.165, 1.54) is 13.8 Å². The second kappa shape index (κ2) is 9.41. The quantitative estimate of drug-likeness (QED) is 0.398. The summed E-state index contributed by atoms with van der Waals surface area (Å²) in [6, 6.07) is 0. The number of aliphatic hydroxyl groups is 2. The highest BCUT2D eigenvalue weighted by molar-refractivity contribution is 5.66. The van der Waals surface area contributed by atoms with Gasteiger partial charge in [-0.25, -0.2) is 0 Å². The molecule has 1 heterocycles. The normalized spacial score (nSPS) is 50.8. The Morgan fingerprint density at radius 3 is 2.00 bits per heavy atom. The van der Waals surface area contributed by atoms with Crippen molar-refractivity contribution in [3.63, 3.8) is 0 Å². The number of rotatable bonds is 4.